The zero-order valence-corrected chi connectivity index (χ0v) is 11.8. The first-order chi connectivity index (χ1) is 8.16. The van der Waals surface area contributed by atoms with Crippen molar-refractivity contribution in [2.75, 3.05) is 25.1 Å². The molecule has 0 saturated carbocycles. The number of halogens is 1. The Kier molecular flexibility index (Phi) is 4.15. The molecule has 1 heterocycles. The third-order valence-electron chi connectivity index (χ3n) is 2.67. The Morgan fingerprint density at radius 3 is 2.53 bits per heavy atom. The first-order valence-corrected chi connectivity index (χ1v) is 6.79. The average Bonchev–Trinajstić information content (AvgIpc) is 2.29. The van der Waals surface area contributed by atoms with Crippen LogP contribution in [0.1, 0.15) is 20.3 Å². The second-order valence-corrected chi connectivity index (χ2v) is 5.44. The molecule has 3 nitrogen and oxygen atoms in total. The maximum atomic E-state index is 5.56. The fraction of sp³-hybridized carbons (Fsp3) is 0.538. The van der Waals surface area contributed by atoms with Gasteiger partial charge in [0.15, 0.2) is 11.5 Å². The smallest absolute Gasteiger partial charge is 0.163 e. The van der Waals surface area contributed by atoms with Gasteiger partial charge in [-0.25, -0.2) is 0 Å². The molecule has 0 radical (unpaired) electrons. The normalized spacial score (nSPS) is 13.9. The van der Waals surface area contributed by atoms with Crippen LogP contribution in [-0.4, -0.2) is 19.8 Å². The van der Waals surface area contributed by atoms with Crippen molar-refractivity contribution in [2.24, 2.45) is 5.92 Å². The van der Waals surface area contributed by atoms with E-state index in [0.717, 1.165) is 34.6 Å². The van der Waals surface area contributed by atoms with Crippen molar-refractivity contribution in [3.8, 4) is 11.5 Å². The first kappa shape index (κ1) is 12.6. The highest BCUT2D eigenvalue weighted by molar-refractivity contribution is 9.10. The van der Waals surface area contributed by atoms with Crippen LogP contribution in [0.5, 0.6) is 11.5 Å². The van der Waals surface area contributed by atoms with Crippen molar-refractivity contribution in [1.82, 2.24) is 0 Å². The summed E-state index contributed by atoms with van der Waals surface area (Å²) in [4.78, 5) is 0. The highest BCUT2D eigenvalue weighted by atomic mass is 79.9. The van der Waals surface area contributed by atoms with Crippen molar-refractivity contribution in [1.29, 1.82) is 0 Å². The number of anilines is 1. The molecule has 0 saturated heterocycles. The van der Waals surface area contributed by atoms with E-state index in [9.17, 15) is 0 Å². The monoisotopic (exact) mass is 299 g/mol. The number of hydrogen-bond acceptors (Lipinski definition) is 3. The van der Waals surface area contributed by atoms with Crippen LogP contribution in [0.25, 0.3) is 0 Å². The third-order valence-corrected chi connectivity index (χ3v) is 3.33. The molecule has 1 aliphatic heterocycles. The fourth-order valence-corrected chi connectivity index (χ4v) is 2.16. The summed E-state index contributed by atoms with van der Waals surface area (Å²) in [5.41, 5.74) is 1.06. The molecule has 1 N–H and O–H groups in total. The van der Waals surface area contributed by atoms with Gasteiger partial charge in [0.1, 0.15) is 13.2 Å². The highest BCUT2D eigenvalue weighted by Crippen LogP contribution is 2.38. The van der Waals surface area contributed by atoms with Crippen LogP contribution < -0.4 is 14.8 Å². The molecule has 0 unspecified atom stereocenters. The van der Waals surface area contributed by atoms with Gasteiger partial charge in [-0.2, -0.15) is 0 Å². The lowest BCUT2D eigenvalue weighted by Gasteiger charge is -2.20. The summed E-state index contributed by atoms with van der Waals surface area (Å²) < 4.78 is 12.1. The Morgan fingerprint density at radius 2 is 1.88 bits per heavy atom. The molecule has 0 aliphatic carbocycles. The number of ether oxygens (including phenoxy) is 2. The van der Waals surface area contributed by atoms with E-state index in [1.165, 1.54) is 0 Å². The van der Waals surface area contributed by atoms with Crippen molar-refractivity contribution in [3.63, 3.8) is 0 Å². The van der Waals surface area contributed by atoms with Gasteiger partial charge in [-0.3, -0.25) is 0 Å². The molecule has 0 bridgehead atoms. The zero-order chi connectivity index (χ0) is 12.3. The van der Waals surface area contributed by atoms with Crippen molar-refractivity contribution < 1.29 is 9.47 Å². The molecule has 0 atom stereocenters. The lowest BCUT2D eigenvalue weighted by atomic mass is 10.1. The molecule has 17 heavy (non-hydrogen) atoms. The lowest BCUT2D eigenvalue weighted by molar-refractivity contribution is 0.171. The zero-order valence-electron chi connectivity index (χ0n) is 10.3. The molecule has 0 spiro atoms. The molecule has 94 valence electrons. The summed E-state index contributed by atoms with van der Waals surface area (Å²) in [6.07, 6.45) is 1.15. The van der Waals surface area contributed by atoms with Crippen LogP contribution in [0.2, 0.25) is 0 Å². The second-order valence-electron chi connectivity index (χ2n) is 4.59. The molecule has 2 rings (SSSR count). The van der Waals surface area contributed by atoms with E-state index in [1.54, 1.807) is 0 Å². The van der Waals surface area contributed by atoms with Gasteiger partial charge in [0.25, 0.3) is 0 Å². The summed E-state index contributed by atoms with van der Waals surface area (Å²) in [5, 5.41) is 3.41. The molecule has 0 amide bonds. The molecule has 1 aromatic carbocycles. The summed E-state index contributed by atoms with van der Waals surface area (Å²) >= 11 is 3.54. The molecule has 4 heteroatoms. The molecular weight excluding hydrogens is 282 g/mol. The Bertz CT molecular complexity index is 393. The lowest BCUT2D eigenvalue weighted by Crippen LogP contribution is -2.15. The molecular formula is C13H18BrNO2. The van der Waals surface area contributed by atoms with Gasteiger partial charge in [0.05, 0.1) is 5.69 Å². The minimum Gasteiger partial charge on any atom is -0.486 e. The highest BCUT2D eigenvalue weighted by Gasteiger charge is 2.14. The van der Waals surface area contributed by atoms with E-state index in [0.29, 0.717) is 19.1 Å². The van der Waals surface area contributed by atoms with Gasteiger partial charge in [-0.1, -0.05) is 13.8 Å². The van der Waals surface area contributed by atoms with Crippen LogP contribution in [0.3, 0.4) is 0 Å². The van der Waals surface area contributed by atoms with E-state index in [2.05, 4.69) is 35.1 Å². The van der Waals surface area contributed by atoms with E-state index >= 15 is 0 Å². The standard InChI is InChI=1S/C13H18BrNO2/c1-9(2)3-4-15-11-8-13-12(7-10(11)14)16-5-6-17-13/h7-9,15H,3-6H2,1-2H3. The Labute approximate surface area is 111 Å². The number of fused-ring (bicyclic) bond motifs is 1. The van der Waals surface area contributed by atoms with Gasteiger partial charge >= 0.3 is 0 Å². The molecule has 0 fully saturated rings. The van der Waals surface area contributed by atoms with Crippen LogP contribution in [0, 0.1) is 5.92 Å². The summed E-state index contributed by atoms with van der Waals surface area (Å²) in [7, 11) is 0. The summed E-state index contributed by atoms with van der Waals surface area (Å²) in [6.45, 7) is 6.66. The average molecular weight is 300 g/mol. The topological polar surface area (TPSA) is 30.5 Å². The molecule has 1 aromatic rings. The summed E-state index contributed by atoms with van der Waals surface area (Å²) in [6, 6.07) is 3.96. The van der Waals surface area contributed by atoms with Crippen LogP contribution in [0.4, 0.5) is 5.69 Å². The van der Waals surface area contributed by atoms with E-state index < -0.39 is 0 Å². The number of hydrogen-bond donors (Lipinski definition) is 1. The minimum absolute atomic E-state index is 0.625. The van der Waals surface area contributed by atoms with Gasteiger partial charge in [0, 0.05) is 23.2 Å². The number of rotatable bonds is 4. The van der Waals surface area contributed by atoms with Gasteiger partial charge in [-0.15, -0.1) is 0 Å². The molecule has 0 aromatic heterocycles. The van der Waals surface area contributed by atoms with Gasteiger partial charge < -0.3 is 14.8 Å². The van der Waals surface area contributed by atoms with Crippen LogP contribution >= 0.6 is 15.9 Å². The maximum absolute atomic E-state index is 5.56. The number of nitrogens with one attached hydrogen (secondary N) is 1. The minimum atomic E-state index is 0.625. The number of benzene rings is 1. The maximum Gasteiger partial charge on any atom is 0.163 e. The SMILES string of the molecule is CC(C)CCNc1cc2c(cc1Br)OCCO2. The van der Waals surface area contributed by atoms with Crippen molar-refractivity contribution in [3.05, 3.63) is 16.6 Å². The molecule has 1 aliphatic rings. The predicted molar refractivity (Wildman–Crippen MR) is 73.1 cm³/mol. The van der Waals surface area contributed by atoms with Gasteiger partial charge in [-0.05, 0) is 28.3 Å². The second kappa shape index (κ2) is 5.63. The fourth-order valence-electron chi connectivity index (χ4n) is 1.69. The van der Waals surface area contributed by atoms with E-state index in [1.807, 2.05) is 12.1 Å². The Hall–Kier alpha value is -0.900. The van der Waals surface area contributed by atoms with Gasteiger partial charge in [0.2, 0.25) is 0 Å². The quantitative estimate of drug-likeness (QED) is 0.920. The van der Waals surface area contributed by atoms with Crippen molar-refractivity contribution in [2.45, 2.75) is 20.3 Å². The van der Waals surface area contributed by atoms with E-state index in [4.69, 9.17) is 9.47 Å². The predicted octanol–water partition coefficient (Wildman–Crippen LogP) is 3.68. The van der Waals surface area contributed by atoms with Crippen molar-refractivity contribution >= 4 is 21.6 Å². The largest absolute Gasteiger partial charge is 0.486 e. The summed E-state index contributed by atoms with van der Waals surface area (Å²) in [5.74, 6) is 2.35. The third kappa shape index (κ3) is 3.28. The van der Waals surface area contributed by atoms with E-state index in [-0.39, 0.29) is 0 Å². The first-order valence-electron chi connectivity index (χ1n) is 6.00. The van der Waals surface area contributed by atoms with Crippen LogP contribution in [-0.2, 0) is 0 Å². The Morgan fingerprint density at radius 1 is 1.24 bits per heavy atom. The van der Waals surface area contributed by atoms with Crippen LogP contribution in [0.15, 0.2) is 16.6 Å². The Balaban J connectivity index is 2.06.